The molecule has 0 fully saturated rings. The molecule has 0 spiro atoms. The van der Waals surface area contributed by atoms with Gasteiger partial charge in [0, 0.05) is 17.3 Å². The number of nitrogens with one attached hydrogen (secondary N) is 1. The molecule has 1 aliphatic rings. The van der Waals surface area contributed by atoms with Crippen LogP contribution in [-0.4, -0.2) is 22.4 Å². The van der Waals surface area contributed by atoms with Gasteiger partial charge >= 0.3 is 0 Å². The third-order valence-corrected chi connectivity index (χ3v) is 4.28. The number of hydrogen-bond donors (Lipinski definition) is 2. The van der Waals surface area contributed by atoms with Crippen molar-refractivity contribution in [3.05, 3.63) is 40.2 Å². The predicted octanol–water partition coefficient (Wildman–Crippen LogP) is 1.59. The van der Waals surface area contributed by atoms with E-state index in [1.165, 1.54) is 4.88 Å². The fraction of sp³-hybridized carbons (Fsp3) is 0.267. The highest BCUT2D eigenvalue weighted by atomic mass is 32.1. The zero-order chi connectivity index (χ0) is 14.7. The summed E-state index contributed by atoms with van der Waals surface area (Å²) in [5.74, 6) is 5.39. The summed E-state index contributed by atoms with van der Waals surface area (Å²) in [6.45, 7) is 0.245. The lowest BCUT2D eigenvalue weighted by molar-refractivity contribution is 0.102. The minimum Gasteiger partial charge on any atom is -0.320 e. The quantitative estimate of drug-likeness (QED) is 0.825. The van der Waals surface area contributed by atoms with E-state index in [9.17, 15) is 4.79 Å². The number of amides is 1. The van der Waals surface area contributed by atoms with Gasteiger partial charge in [-0.05, 0) is 25.3 Å². The Balaban J connectivity index is 1.81. The Kier molecular flexibility index (Phi) is 3.95. The molecule has 2 aromatic heterocycles. The highest BCUT2D eigenvalue weighted by molar-refractivity contribution is 7.16. The first-order valence-electron chi connectivity index (χ1n) is 6.71. The molecule has 0 atom stereocenters. The predicted molar refractivity (Wildman–Crippen MR) is 82.3 cm³/mol. The minimum absolute atomic E-state index is 0.217. The van der Waals surface area contributed by atoms with Crippen LogP contribution in [0.5, 0.6) is 0 Å². The van der Waals surface area contributed by atoms with Crippen molar-refractivity contribution in [1.82, 2.24) is 9.97 Å². The van der Waals surface area contributed by atoms with Gasteiger partial charge in [-0.3, -0.25) is 15.1 Å². The Bertz CT molecular complexity index is 720. The van der Waals surface area contributed by atoms with Crippen LogP contribution in [0.2, 0.25) is 0 Å². The van der Waals surface area contributed by atoms with E-state index < -0.39 is 0 Å². The van der Waals surface area contributed by atoms with E-state index in [0.29, 0.717) is 16.3 Å². The summed E-state index contributed by atoms with van der Waals surface area (Å²) in [6, 6.07) is 1.65. The van der Waals surface area contributed by atoms with E-state index in [-0.39, 0.29) is 12.5 Å². The molecule has 0 aromatic carbocycles. The van der Waals surface area contributed by atoms with Crippen LogP contribution in [0.1, 0.15) is 32.9 Å². The Morgan fingerprint density at radius 2 is 2.38 bits per heavy atom. The molecular formula is C15H14N4OS. The summed E-state index contributed by atoms with van der Waals surface area (Å²) in [5, 5.41) is 3.50. The maximum Gasteiger partial charge on any atom is 0.258 e. The summed E-state index contributed by atoms with van der Waals surface area (Å²) in [6.07, 6.45) is 6.37. The van der Waals surface area contributed by atoms with Crippen molar-refractivity contribution in [1.29, 1.82) is 0 Å². The Hall–Kier alpha value is -2.23. The van der Waals surface area contributed by atoms with E-state index in [4.69, 9.17) is 5.73 Å². The number of fused-ring (bicyclic) bond motifs is 1. The van der Waals surface area contributed by atoms with Gasteiger partial charge in [0.2, 0.25) is 0 Å². The van der Waals surface area contributed by atoms with Crippen molar-refractivity contribution in [2.24, 2.45) is 5.73 Å². The van der Waals surface area contributed by atoms with Crippen LogP contribution in [0, 0.1) is 11.8 Å². The number of aryl methyl sites for hydroxylation is 2. The molecule has 0 unspecified atom stereocenters. The molecule has 0 saturated heterocycles. The number of carbonyl (C=O) groups excluding carboxylic acids is 1. The number of rotatable bonds is 2. The summed E-state index contributed by atoms with van der Waals surface area (Å²) in [4.78, 5) is 22.1. The lowest BCUT2D eigenvalue weighted by Gasteiger charge is -2.03. The van der Waals surface area contributed by atoms with Crippen molar-refractivity contribution in [3.63, 3.8) is 0 Å². The molecule has 1 aliphatic carbocycles. The first-order valence-corrected chi connectivity index (χ1v) is 7.52. The number of hydrogen-bond acceptors (Lipinski definition) is 5. The van der Waals surface area contributed by atoms with Crippen LogP contribution in [0.4, 0.5) is 5.13 Å². The maximum atomic E-state index is 12.4. The van der Waals surface area contributed by atoms with Crippen LogP contribution >= 0.6 is 11.3 Å². The van der Waals surface area contributed by atoms with E-state index in [2.05, 4.69) is 27.1 Å². The number of nitrogens with zero attached hydrogens (tertiary/aromatic N) is 2. The third-order valence-electron chi connectivity index (χ3n) is 3.21. The van der Waals surface area contributed by atoms with Gasteiger partial charge in [0.1, 0.15) is 0 Å². The van der Waals surface area contributed by atoms with Gasteiger partial charge in [0.25, 0.3) is 5.91 Å². The van der Waals surface area contributed by atoms with Crippen molar-refractivity contribution in [2.45, 2.75) is 19.3 Å². The minimum atomic E-state index is -0.217. The number of carbonyl (C=O) groups is 1. The lowest BCUT2D eigenvalue weighted by atomic mass is 10.1. The summed E-state index contributed by atoms with van der Waals surface area (Å²) >= 11 is 1.55. The second kappa shape index (κ2) is 6.04. The van der Waals surface area contributed by atoms with Crippen molar-refractivity contribution < 1.29 is 4.79 Å². The summed E-state index contributed by atoms with van der Waals surface area (Å²) in [7, 11) is 0. The molecule has 6 heteroatoms. The number of aromatic nitrogens is 2. The van der Waals surface area contributed by atoms with Gasteiger partial charge in [-0.25, -0.2) is 4.98 Å². The molecule has 3 rings (SSSR count). The van der Waals surface area contributed by atoms with Crippen LogP contribution in [-0.2, 0) is 12.8 Å². The second-order valence-corrected chi connectivity index (χ2v) is 5.71. The standard InChI is InChI=1S/C15H14N4OS/c16-7-2-3-10-9-17-8-6-11(10)14(20)19-15-18-12-4-1-5-13(12)21-15/h6,8-9H,1,4-5,7,16H2,(H,18,19,20). The number of thiazole rings is 1. The number of pyridine rings is 1. The monoisotopic (exact) mass is 298 g/mol. The molecule has 106 valence electrons. The van der Waals surface area contributed by atoms with E-state index in [1.807, 2.05) is 0 Å². The second-order valence-electron chi connectivity index (χ2n) is 4.62. The Labute approximate surface area is 126 Å². The molecule has 21 heavy (non-hydrogen) atoms. The average Bonchev–Trinajstić information content (AvgIpc) is 3.06. The van der Waals surface area contributed by atoms with Gasteiger partial charge in [-0.1, -0.05) is 11.8 Å². The normalized spacial score (nSPS) is 12.4. The van der Waals surface area contributed by atoms with E-state index >= 15 is 0 Å². The molecule has 0 aliphatic heterocycles. The molecule has 3 N–H and O–H groups in total. The number of nitrogens with two attached hydrogens (primary N) is 1. The van der Waals surface area contributed by atoms with Gasteiger partial charge in [0.05, 0.1) is 23.4 Å². The van der Waals surface area contributed by atoms with Gasteiger partial charge in [-0.2, -0.15) is 0 Å². The van der Waals surface area contributed by atoms with E-state index in [0.717, 1.165) is 25.0 Å². The summed E-state index contributed by atoms with van der Waals surface area (Å²) < 4.78 is 0. The molecule has 5 nitrogen and oxygen atoms in total. The average molecular weight is 298 g/mol. The van der Waals surface area contributed by atoms with Crippen molar-refractivity contribution in [2.75, 3.05) is 11.9 Å². The van der Waals surface area contributed by atoms with Crippen LogP contribution < -0.4 is 11.1 Å². The van der Waals surface area contributed by atoms with Gasteiger partial charge < -0.3 is 5.73 Å². The molecular weight excluding hydrogens is 284 g/mol. The smallest absolute Gasteiger partial charge is 0.258 e. The van der Waals surface area contributed by atoms with Crippen molar-refractivity contribution in [3.8, 4) is 11.8 Å². The van der Waals surface area contributed by atoms with Crippen LogP contribution in [0.3, 0.4) is 0 Å². The van der Waals surface area contributed by atoms with Gasteiger partial charge in [-0.15, -0.1) is 11.3 Å². The zero-order valence-electron chi connectivity index (χ0n) is 11.3. The zero-order valence-corrected chi connectivity index (χ0v) is 12.2. The maximum absolute atomic E-state index is 12.4. The van der Waals surface area contributed by atoms with E-state index in [1.54, 1.807) is 29.8 Å². The fourth-order valence-corrected chi connectivity index (χ4v) is 3.29. The Morgan fingerprint density at radius 3 is 3.19 bits per heavy atom. The fourth-order valence-electron chi connectivity index (χ4n) is 2.25. The Morgan fingerprint density at radius 1 is 1.48 bits per heavy atom. The third kappa shape index (κ3) is 2.94. The summed E-state index contributed by atoms with van der Waals surface area (Å²) in [5.41, 5.74) is 7.54. The SMILES string of the molecule is NCC#Cc1cnccc1C(=O)Nc1nc2c(s1)CCC2. The first kappa shape index (κ1) is 13.7. The molecule has 0 radical (unpaired) electrons. The molecule has 0 bridgehead atoms. The highest BCUT2D eigenvalue weighted by Crippen LogP contribution is 2.30. The van der Waals surface area contributed by atoms with Crippen molar-refractivity contribution >= 4 is 22.4 Å². The van der Waals surface area contributed by atoms with Crippen LogP contribution in [0.15, 0.2) is 18.5 Å². The molecule has 2 aromatic rings. The largest absolute Gasteiger partial charge is 0.320 e. The van der Waals surface area contributed by atoms with Crippen LogP contribution in [0.25, 0.3) is 0 Å². The van der Waals surface area contributed by atoms with Gasteiger partial charge in [0.15, 0.2) is 5.13 Å². The number of anilines is 1. The molecule has 0 saturated carbocycles. The topological polar surface area (TPSA) is 80.9 Å². The molecule has 2 heterocycles. The highest BCUT2D eigenvalue weighted by Gasteiger charge is 2.18. The first-order chi connectivity index (χ1) is 10.3. The molecule has 1 amide bonds. The lowest BCUT2D eigenvalue weighted by Crippen LogP contribution is -2.13.